The average Bonchev–Trinajstić information content (AvgIpc) is 2.72. The van der Waals surface area contributed by atoms with Crippen LogP contribution in [-0.2, 0) is 6.18 Å². The van der Waals surface area contributed by atoms with Gasteiger partial charge in [-0.05, 0) is 41.1 Å². The van der Waals surface area contributed by atoms with Crippen LogP contribution in [0, 0.1) is 0 Å². The summed E-state index contributed by atoms with van der Waals surface area (Å²) in [4.78, 5) is 16.3. The number of hydrogen-bond donors (Lipinski definition) is 1. The zero-order chi connectivity index (χ0) is 20.6. The molecule has 0 spiro atoms. The lowest BCUT2D eigenvalue weighted by atomic mass is 10.0. The second-order valence-corrected chi connectivity index (χ2v) is 7.04. The highest BCUT2D eigenvalue weighted by molar-refractivity contribution is 6.01. The Labute approximate surface area is 165 Å². The Hall–Kier alpha value is -3.22. The summed E-state index contributed by atoms with van der Waals surface area (Å²) in [7, 11) is 0. The zero-order valence-electron chi connectivity index (χ0n) is 15.5. The molecule has 1 aliphatic heterocycles. The van der Waals surface area contributed by atoms with Gasteiger partial charge in [0.2, 0.25) is 0 Å². The molecule has 1 amide bonds. The van der Waals surface area contributed by atoms with E-state index in [9.17, 15) is 23.1 Å². The van der Waals surface area contributed by atoms with E-state index in [4.69, 9.17) is 0 Å². The van der Waals surface area contributed by atoms with Gasteiger partial charge in [-0.1, -0.05) is 30.3 Å². The smallest absolute Gasteiger partial charge is 0.416 e. The van der Waals surface area contributed by atoms with Gasteiger partial charge in [0.15, 0.2) is 0 Å². The molecule has 1 fully saturated rings. The van der Waals surface area contributed by atoms with E-state index in [1.54, 1.807) is 23.1 Å². The van der Waals surface area contributed by atoms with E-state index in [1.165, 1.54) is 6.07 Å². The largest absolute Gasteiger partial charge is 0.507 e. The molecule has 0 aromatic heterocycles. The highest BCUT2D eigenvalue weighted by Crippen LogP contribution is 2.32. The quantitative estimate of drug-likeness (QED) is 0.688. The van der Waals surface area contributed by atoms with Crippen molar-refractivity contribution in [3.8, 4) is 5.75 Å². The Kier molecular flexibility index (Phi) is 4.82. The van der Waals surface area contributed by atoms with Gasteiger partial charge >= 0.3 is 6.18 Å². The van der Waals surface area contributed by atoms with Crippen molar-refractivity contribution in [2.75, 3.05) is 31.1 Å². The van der Waals surface area contributed by atoms with Gasteiger partial charge in [0, 0.05) is 31.9 Å². The number of benzene rings is 3. The Morgan fingerprint density at radius 3 is 2.17 bits per heavy atom. The van der Waals surface area contributed by atoms with Gasteiger partial charge in [0.1, 0.15) is 5.75 Å². The number of phenolic OH excluding ortho intramolecular Hbond substituents is 1. The molecule has 29 heavy (non-hydrogen) atoms. The van der Waals surface area contributed by atoms with Crippen molar-refractivity contribution in [3.05, 3.63) is 71.8 Å². The van der Waals surface area contributed by atoms with Crippen LogP contribution < -0.4 is 4.90 Å². The number of hydrogen-bond acceptors (Lipinski definition) is 3. The van der Waals surface area contributed by atoms with Crippen LogP contribution in [0.15, 0.2) is 60.7 Å². The molecule has 4 rings (SSSR count). The summed E-state index contributed by atoms with van der Waals surface area (Å²) in [5.74, 6) is -0.356. The predicted octanol–water partition coefficient (Wildman–Crippen LogP) is 4.53. The van der Waals surface area contributed by atoms with Gasteiger partial charge < -0.3 is 14.9 Å². The first-order valence-electron chi connectivity index (χ1n) is 9.26. The van der Waals surface area contributed by atoms with E-state index in [2.05, 4.69) is 0 Å². The second kappa shape index (κ2) is 7.31. The number of rotatable bonds is 2. The Bertz CT molecular complexity index is 1060. The molecule has 4 nitrogen and oxygen atoms in total. The van der Waals surface area contributed by atoms with Crippen LogP contribution >= 0.6 is 0 Å². The van der Waals surface area contributed by atoms with E-state index in [1.807, 2.05) is 29.2 Å². The minimum absolute atomic E-state index is 0.0750. The van der Waals surface area contributed by atoms with Crippen LogP contribution in [0.4, 0.5) is 18.9 Å². The number of piperazine rings is 1. The molecule has 1 heterocycles. The number of carbonyl (C=O) groups excluding carboxylic acids is 1. The van der Waals surface area contributed by atoms with Crippen molar-refractivity contribution in [3.63, 3.8) is 0 Å². The second-order valence-electron chi connectivity index (χ2n) is 7.04. The molecule has 1 saturated heterocycles. The molecule has 1 N–H and O–H groups in total. The lowest BCUT2D eigenvalue weighted by Gasteiger charge is -2.36. The highest BCUT2D eigenvalue weighted by atomic mass is 19.4. The van der Waals surface area contributed by atoms with Crippen LogP contribution in [0.5, 0.6) is 5.75 Å². The number of halogens is 3. The minimum atomic E-state index is -4.39. The summed E-state index contributed by atoms with van der Waals surface area (Å²) in [6.45, 7) is 1.56. The molecule has 0 radical (unpaired) electrons. The fourth-order valence-electron chi connectivity index (χ4n) is 3.62. The summed E-state index contributed by atoms with van der Waals surface area (Å²) < 4.78 is 38.8. The summed E-state index contributed by atoms with van der Waals surface area (Å²) in [5, 5.41) is 12.0. The standard InChI is InChI=1S/C22H19F3N2O2/c23-22(24,25)17-6-3-7-18(14-17)26-8-10-27(11-9-26)21(29)19-12-15-4-1-2-5-16(15)13-20(19)28/h1-7,12-14,28H,8-11H2. The lowest BCUT2D eigenvalue weighted by molar-refractivity contribution is -0.137. The van der Waals surface area contributed by atoms with E-state index in [-0.39, 0.29) is 17.2 Å². The number of amides is 1. The Morgan fingerprint density at radius 1 is 0.862 bits per heavy atom. The highest BCUT2D eigenvalue weighted by Gasteiger charge is 2.31. The summed E-state index contributed by atoms with van der Waals surface area (Å²) in [6.07, 6.45) is -4.39. The molecular weight excluding hydrogens is 381 g/mol. The molecule has 7 heteroatoms. The fraction of sp³-hybridized carbons (Fsp3) is 0.227. The molecule has 0 atom stereocenters. The summed E-state index contributed by atoms with van der Waals surface area (Å²) >= 11 is 0. The third kappa shape index (κ3) is 3.85. The maximum atomic E-state index is 12.9. The van der Waals surface area contributed by atoms with Crippen molar-refractivity contribution in [1.82, 2.24) is 4.90 Å². The molecule has 0 bridgehead atoms. The number of nitrogens with zero attached hydrogens (tertiary/aromatic N) is 2. The van der Waals surface area contributed by atoms with Crippen LogP contribution in [0.25, 0.3) is 10.8 Å². The number of phenols is 1. The molecule has 0 unspecified atom stereocenters. The zero-order valence-corrected chi connectivity index (χ0v) is 15.5. The topological polar surface area (TPSA) is 43.8 Å². The lowest BCUT2D eigenvalue weighted by Crippen LogP contribution is -2.48. The number of fused-ring (bicyclic) bond motifs is 1. The number of aromatic hydroxyl groups is 1. The molecule has 1 aliphatic rings. The van der Waals surface area contributed by atoms with Crippen molar-refractivity contribution in [1.29, 1.82) is 0 Å². The van der Waals surface area contributed by atoms with Crippen LogP contribution in [-0.4, -0.2) is 42.1 Å². The Morgan fingerprint density at radius 2 is 1.52 bits per heavy atom. The van der Waals surface area contributed by atoms with E-state index < -0.39 is 11.7 Å². The monoisotopic (exact) mass is 400 g/mol. The Balaban J connectivity index is 1.49. The molecule has 0 saturated carbocycles. The molecule has 3 aromatic carbocycles. The first-order chi connectivity index (χ1) is 13.8. The van der Waals surface area contributed by atoms with E-state index in [0.29, 0.717) is 31.9 Å². The van der Waals surface area contributed by atoms with Gasteiger partial charge in [-0.2, -0.15) is 13.2 Å². The van der Waals surface area contributed by atoms with Gasteiger partial charge in [-0.25, -0.2) is 0 Å². The fourth-order valence-corrected chi connectivity index (χ4v) is 3.62. The van der Waals surface area contributed by atoms with Crippen LogP contribution in [0.1, 0.15) is 15.9 Å². The van der Waals surface area contributed by atoms with E-state index >= 15 is 0 Å². The van der Waals surface area contributed by atoms with Crippen molar-refractivity contribution >= 4 is 22.4 Å². The number of alkyl halides is 3. The molecule has 150 valence electrons. The summed E-state index contributed by atoms with van der Waals surface area (Å²) in [5.41, 5.74) is 0.0336. The maximum Gasteiger partial charge on any atom is 0.416 e. The maximum absolute atomic E-state index is 12.9. The normalized spacial score (nSPS) is 15.0. The van der Waals surface area contributed by atoms with Crippen LogP contribution in [0.3, 0.4) is 0 Å². The van der Waals surface area contributed by atoms with Crippen molar-refractivity contribution < 1.29 is 23.1 Å². The molecule has 0 aliphatic carbocycles. The van der Waals surface area contributed by atoms with Gasteiger partial charge in [-0.3, -0.25) is 4.79 Å². The van der Waals surface area contributed by atoms with E-state index in [0.717, 1.165) is 22.9 Å². The summed E-state index contributed by atoms with van der Waals surface area (Å²) in [6, 6.07) is 15.9. The van der Waals surface area contributed by atoms with Gasteiger partial charge in [-0.15, -0.1) is 0 Å². The predicted molar refractivity (Wildman–Crippen MR) is 105 cm³/mol. The third-order valence-corrected chi connectivity index (χ3v) is 5.20. The first kappa shape index (κ1) is 19.1. The SMILES string of the molecule is O=C(c1cc2ccccc2cc1O)N1CCN(c2cccc(C(F)(F)F)c2)CC1. The van der Waals surface area contributed by atoms with Crippen molar-refractivity contribution in [2.24, 2.45) is 0 Å². The third-order valence-electron chi connectivity index (χ3n) is 5.20. The molecular formula is C22H19F3N2O2. The van der Waals surface area contributed by atoms with Gasteiger partial charge in [0.05, 0.1) is 11.1 Å². The number of anilines is 1. The number of carbonyl (C=O) groups is 1. The van der Waals surface area contributed by atoms with Gasteiger partial charge in [0.25, 0.3) is 5.91 Å². The van der Waals surface area contributed by atoms with Crippen LogP contribution in [0.2, 0.25) is 0 Å². The van der Waals surface area contributed by atoms with Crippen molar-refractivity contribution in [2.45, 2.75) is 6.18 Å². The first-order valence-corrected chi connectivity index (χ1v) is 9.26. The molecule has 3 aromatic rings. The minimum Gasteiger partial charge on any atom is -0.507 e. The average molecular weight is 400 g/mol.